The number of hydrogen-bond donors (Lipinski definition) is 2. The van der Waals surface area contributed by atoms with Gasteiger partial charge in [-0.15, -0.1) is 0 Å². The van der Waals surface area contributed by atoms with E-state index >= 15 is 0 Å². The first-order valence-corrected chi connectivity index (χ1v) is 7.06. The predicted molar refractivity (Wildman–Crippen MR) is 79.0 cm³/mol. The van der Waals surface area contributed by atoms with Gasteiger partial charge in [0.2, 0.25) is 5.88 Å². The molecule has 1 aliphatic carbocycles. The highest BCUT2D eigenvalue weighted by Gasteiger charge is 2.42. The normalized spacial score (nSPS) is 16.1. The standard InChI is InChI=1S/C14H13BrN2O3/c1-14(6-7-14)17-12(19)10(11(18)16-13(17)20)8-2-4-9(15)5-3-8/h2-5,19H,6-7H2,1H3,(H,16,18,20). The van der Waals surface area contributed by atoms with Gasteiger partial charge < -0.3 is 5.11 Å². The molecule has 2 N–H and O–H groups in total. The molecule has 20 heavy (non-hydrogen) atoms. The highest BCUT2D eigenvalue weighted by atomic mass is 79.9. The van der Waals surface area contributed by atoms with Crippen LogP contribution in [0.3, 0.4) is 0 Å². The fraction of sp³-hybridized carbons (Fsp3) is 0.286. The van der Waals surface area contributed by atoms with E-state index in [0.717, 1.165) is 17.3 Å². The van der Waals surface area contributed by atoms with Gasteiger partial charge in [-0.3, -0.25) is 14.3 Å². The van der Waals surface area contributed by atoms with Crippen LogP contribution in [-0.2, 0) is 5.54 Å². The highest BCUT2D eigenvalue weighted by molar-refractivity contribution is 9.10. The average Bonchev–Trinajstić information content (AvgIpc) is 3.09. The maximum Gasteiger partial charge on any atom is 0.331 e. The molecule has 1 aliphatic rings. The van der Waals surface area contributed by atoms with Crippen LogP contribution in [0.1, 0.15) is 19.8 Å². The summed E-state index contributed by atoms with van der Waals surface area (Å²) < 4.78 is 2.16. The number of H-pyrrole nitrogens is 1. The van der Waals surface area contributed by atoms with Gasteiger partial charge in [-0.05, 0) is 37.5 Å². The molecule has 2 aromatic rings. The zero-order valence-electron chi connectivity index (χ0n) is 10.8. The van der Waals surface area contributed by atoms with E-state index in [1.54, 1.807) is 24.3 Å². The van der Waals surface area contributed by atoms with Crippen LogP contribution in [-0.4, -0.2) is 14.7 Å². The summed E-state index contributed by atoms with van der Waals surface area (Å²) in [5.41, 5.74) is -0.825. The van der Waals surface area contributed by atoms with E-state index in [1.165, 1.54) is 4.57 Å². The summed E-state index contributed by atoms with van der Waals surface area (Å²) in [6.45, 7) is 1.89. The molecular formula is C14H13BrN2O3. The number of nitrogens with one attached hydrogen (secondary N) is 1. The quantitative estimate of drug-likeness (QED) is 0.882. The van der Waals surface area contributed by atoms with Gasteiger partial charge in [0, 0.05) is 10.0 Å². The molecule has 6 heteroatoms. The summed E-state index contributed by atoms with van der Waals surface area (Å²) in [4.78, 5) is 26.2. The predicted octanol–water partition coefficient (Wildman–Crippen LogP) is 2.18. The molecule has 104 valence electrons. The van der Waals surface area contributed by atoms with Crippen LogP contribution in [0.15, 0.2) is 38.3 Å². The minimum absolute atomic E-state index is 0.130. The minimum atomic E-state index is -0.574. The van der Waals surface area contributed by atoms with Crippen LogP contribution in [0.2, 0.25) is 0 Å². The van der Waals surface area contributed by atoms with Crippen molar-refractivity contribution in [2.24, 2.45) is 0 Å². The molecule has 3 rings (SSSR count). The number of aromatic nitrogens is 2. The van der Waals surface area contributed by atoms with Crippen molar-refractivity contribution < 1.29 is 5.11 Å². The number of hydrogen-bond acceptors (Lipinski definition) is 3. The second-order valence-corrected chi connectivity index (χ2v) is 6.21. The Kier molecular flexibility index (Phi) is 2.86. The van der Waals surface area contributed by atoms with Crippen molar-refractivity contribution in [1.29, 1.82) is 0 Å². The van der Waals surface area contributed by atoms with Gasteiger partial charge in [-0.25, -0.2) is 4.79 Å². The maximum absolute atomic E-state index is 12.0. The lowest BCUT2D eigenvalue weighted by atomic mass is 10.1. The average molecular weight is 337 g/mol. The minimum Gasteiger partial charge on any atom is -0.494 e. The van der Waals surface area contributed by atoms with E-state index < -0.39 is 16.8 Å². The first-order chi connectivity index (χ1) is 9.42. The van der Waals surface area contributed by atoms with Crippen LogP contribution in [0.4, 0.5) is 0 Å². The van der Waals surface area contributed by atoms with Crippen LogP contribution >= 0.6 is 15.9 Å². The molecule has 0 amide bonds. The van der Waals surface area contributed by atoms with Gasteiger partial charge in [0.25, 0.3) is 5.56 Å². The molecule has 1 saturated carbocycles. The Morgan fingerprint density at radius 1 is 1.25 bits per heavy atom. The number of halogens is 1. The van der Waals surface area contributed by atoms with Gasteiger partial charge in [0.05, 0.1) is 0 Å². The smallest absolute Gasteiger partial charge is 0.331 e. The molecule has 1 aromatic heterocycles. The largest absolute Gasteiger partial charge is 0.494 e. The first kappa shape index (κ1) is 13.2. The first-order valence-electron chi connectivity index (χ1n) is 6.27. The molecule has 5 nitrogen and oxygen atoms in total. The van der Waals surface area contributed by atoms with E-state index in [1.807, 2.05) is 6.92 Å². The zero-order valence-corrected chi connectivity index (χ0v) is 12.4. The van der Waals surface area contributed by atoms with Crippen LogP contribution < -0.4 is 11.2 Å². The van der Waals surface area contributed by atoms with E-state index in [2.05, 4.69) is 20.9 Å². The number of benzene rings is 1. The summed E-state index contributed by atoms with van der Waals surface area (Å²) in [6, 6.07) is 7.00. The number of aromatic hydroxyl groups is 1. The highest BCUT2D eigenvalue weighted by Crippen LogP contribution is 2.44. The fourth-order valence-electron chi connectivity index (χ4n) is 2.31. The van der Waals surface area contributed by atoms with Crippen molar-refractivity contribution in [3.63, 3.8) is 0 Å². The molecule has 0 radical (unpaired) electrons. The van der Waals surface area contributed by atoms with Gasteiger partial charge in [0.1, 0.15) is 5.56 Å². The third kappa shape index (κ3) is 2.00. The Hall–Kier alpha value is -1.82. The monoisotopic (exact) mass is 336 g/mol. The third-order valence-corrected chi connectivity index (χ3v) is 4.26. The van der Waals surface area contributed by atoms with Gasteiger partial charge in [-0.2, -0.15) is 0 Å². The number of aromatic amines is 1. The van der Waals surface area contributed by atoms with Gasteiger partial charge in [0.15, 0.2) is 0 Å². The molecule has 0 atom stereocenters. The van der Waals surface area contributed by atoms with Crippen molar-refractivity contribution in [3.8, 4) is 17.0 Å². The van der Waals surface area contributed by atoms with Crippen LogP contribution in [0, 0.1) is 0 Å². The Morgan fingerprint density at radius 3 is 2.40 bits per heavy atom. The Morgan fingerprint density at radius 2 is 1.85 bits per heavy atom. The van der Waals surface area contributed by atoms with Crippen molar-refractivity contribution in [2.75, 3.05) is 0 Å². The molecule has 0 saturated heterocycles. The SMILES string of the molecule is CC1(n2c(O)c(-c3ccc(Br)cc3)c(=O)[nH]c2=O)CC1. The molecule has 1 heterocycles. The molecular weight excluding hydrogens is 324 g/mol. The van der Waals surface area contributed by atoms with Crippen molar-refractivity contribution >= 4 is 15.9 Å². The van der Waals surface area contributed by atoms with Crippen LogP contribution in [0.25, 0.3) is 11.1 Å². The molecule has 0 spiro atoms. The fourth-order valence-corrected chi connectivity index (χ4v) is 2.57. The lowest BCUT2D eigenvalue weighted by molar-refractivity contribution is 0.364. The Balaban J connectivity index is 2.29. The molecule has 1 aromatic carbocycles. The Labute approximate surface area is 123 Å². The van der Waals surface area contributed by atoms with E-state index in [0.29, 0.717) is 5.56 Å². The van der Waals surface area contributed by atoms with Crippen molar-refractivity contribution in [2.45, 2.75) is 25.3 Å². The summed E-state index contributed by atoms with van der Waals surface area (Å²) in [7, 11) is 0. The lowest BCUT2D eigenvalue weighted by Gasteiger charge is -2.16. The lowest BCUT2D eigenvalue weighted by Crippen LogP contribution is -2.35. The van der Waals surface area contributed by atoms with Gasteiger partial charge in [-0.1, -0.05) is 28.1 Å². The second kappa shape index (κ2) is 4.34. The van der Waals surface area contributed by atoms with E-state index in [9.17, 15) is 14.7 Å². The molecule has 0 bridgehead atoms. The van der Waals surface area contributed by atoms with Crippen LogP contribution in [0.5, 0.6) is 5.88 Å². The molecule has 0 unspecified atom stereocenters. The second-order valence-electron chi connectivity index (χ2n) is 5.30. The number of nitrogens with zero attached hydrogens (tertiary/aromatic N) is 1. The Bertz CT molecular complexity index is 786. The molecule has 1 fully saturated rings. The topological polar surface area (TPSA) is 75.1 Å². The number of rotatable bonds is 2. The van der Waals surface area contributed by atoms with Crippen molar-refractivity contribution in [3.05, 3.63) is 49.6 Å². The summed E-state index contributed by atoms with van der Waals surface area (Å²) >= 11 is 3.32. The summed E-state index contributed by atoms with van der Waals surface area (Å²) in [6.07, 6.45) is 1.62. The van der Waals surface area contributed by atoms with Crippen molar-refractivity contribution in [1.82, 2.24) is 9.55 Å². The van der Waals surface area contributed by atoms with E-state index in [4.69, 9.17) is 0 Å². The zero-order chi connectivity index (χ0) is 14.5. The molecule has 0 aliphatic heterocycles. The van der Waals surface area contributed by atoms with Gasteiger partial charge >= 0.3 is 5.69 Å². The summed E-state index contributed by atoms with van der Waals surface area (Å²) in [5.74, 6) is -0.263. The summed E-state index contributed by atoms with van der Waals surface area (Å²) in [5, 5.41) is 10.4. The maximum atomic E-state index is 12.0. The van der Waals surface area contributed by atoms with E-state index in [-0.39, 0.29) is 11.4 Å². The third-order valence-electron chi connectivity index (χ3n) is 3.73.